The molecule has 2 unspecified atom stereocenters. The van der Waals surface area contributed by atoms with E-state index in [0.717, 1.165) is 36.9 Å². The van der Waals surface area contributed by atoms with Gasteiger partial charge in [-0.25, -0.2) is 9.38 Å². The van der Waals surface area contributed by atoms with Crippen molar-refractivity contribution in [1.82, 2.24) is 4.90 Å². The number of alkyl halides is 1. The molecule has 2 atom stereocenters. The van der Waals surface area contributed by atoms with Crippen LogP contribution in [-0.4, -0.2) is 35.4 Å². The predicted octanol–water partition coefficient (Wildman–Crippen LogP) is 4.52. The highest BCUT2D eigenvalue weighted by atomic mass is 19.1. The van der Waals surface area contributed by atoms with Crippen LogP contribution >= 0.6 is 0 Å². The number of benzene rings is 1. The molecule has 0 spiro atoms. The summed E-state index contributed by atoms with van der Waals surface area (Å²) in [7, 11) is 0. The molecule has 1 saturated heterocycles. The molecule has 4 nitrogen and oxygen atoms in total. The van der Waals surface area contributed by atoms with Crippen molar-refractivity contribution < 1.29 is 9.18 Å². The highest BCUT2D eigenvalue weighted by molar-refractivity contribution is 5.87. The average molecular weight is 398 g/mol. The fourth-order valence-electron chi connectivity index (χ4n) is 4.05. The maximum atomic E-state index is 14.4. The molecule has 3 rings (SSSR count). The van der Waals surface area contributed by atoms with Gasteiger partial charge in [-0.15, -0.1) is 0 Å². The standard InChI is InChI=1S/C24H32FN3O/c1-4-17-10-12-18(13-11-17)19-14-20(16-28(15-19)23(29)24(2,3)25)22(26)27-21-8-6-5-7-9-21/h6,8-13,19-20H,4-5,7,14-16H2,1-3H3,(H2,26,27). The third kappa shape index (κ3) is 5.34. The topological polar surface area (TPSA) is 58.7 Å². The summed E-state index contributed by atoms with van der Waals surface area (Å²) in [6, 6.07) is 8.49. The fourth-order valence-corrected chi connectivity index (χ4v) is 4.05. The lowest BCUT2D eigenvalue weighted by Crippen LogP contribution is -2.51. The van der Waals surface area contributed by atoms with Gasteiger partial charge >= 0.3 is 0 Å². The average Bonchev–Trinajstić information content (AvgIpc) is 2.73. The van der Waals surface area contributed by atoms with E-state index in [2.05, 4.69) is 48.3 Å². The smallest absolute Gasteiger partial charge is 0.259 e. The van der Waals surface area contributed by atoms with Crippen LogP contribution in [0.25, 0.3) is 0 Å². The number of nitrogens with two attached hydrogens (primary N) is 1. The molecule has 5 heteroatoms. The molecule has 29 heavy (non-hydrogen) atoms. The van der Waals surface area contributed by atoms with Gasteiger partial charge in [0.05, 0.1) is 5.70 Å². The first kappa shape index (κ1) is 21.3. The molecule has 1 aromatic rings. The molecule has 0 saturated carbocycles. The summed E-state index contributed by atoms with van der Waals surface area (Å²) in [5.74, 6) is 0.0480. The van der Waals surface area contributed by atoms with Crippen molar-refractivity contribution in [3.63, 3.8) is 0 Å². The molecular weight excluding hydrogens is 365 g/mol. The molecule has 1 amide bonds. The van der Waals surface area contributed by atoms with Crippen LogP contribution in [-0.2, 0) is 11.2 Å². The third-order valence-electron chi connectivity index (χ3n) is 5.76. The quantitative estimate of drug-likeness (QED) is 0.587. The molecule has 1 aliphatic carbocycles. The van der Waals surface area contributed by atoms with Crippen molar-refractivity contribution in [3.05, 3.63) is 59.3 Å². The molecule has 1 fully saturated rings. The molecule has 2 aliphatic rings. The minimum Gasteiger partial charge on any atom is -0.387 e. The minimum atomic E-state index is -1.90. The third-order valence-corrected chi connectivity index (χ3v) is 5.76. The predicted molar refractivity (Wildman–Crippen MR) is 117 cm³/mol. The van der Waals surface area contributed by atoms with Gasteiger partial charge in [-0.3, -0.25) is 4.79 Å². The first-order valence-electron chi connectivity index (χ1n) is 10.6. The lowest BCUT2D eigenvalue weighted by molar-refractivity contribution is -0.143. The molecule has 1 aliphatic heterocycles. The first-order valence-corrected chi connectivity index (χ1v) is 10.6. The number of amides is 1. The van der Waals surface area contributed by atoms with Crippen LogP contribution in [0.4, 0.5) is 4.39 Å². The van der Waals surface area contributed by atoms with Gasteiger partial charge in [-0.05, 0) is 56.7 Å². The Hall–Kier alpha value is -2.43. The summed E-state index contributed by atoms with van der Waals surface area (Å²) in [6.45, 7) is 5.67. The van der Waals surface area contributed by atoms with Crippen molar-refractivity contribution in [2.24, 2.45) is 16.6 Å². The molecule has 156 valence electrons. The summed E-state index contributed by atoms with van der Waals surface area (Å²) in [5.41, 5.74) is 7.78. The summed E-state index contributed by atoms with van der Waals surface area (Å²) in [5, 5.41) is 0. The molecule has 1 heterocycles. The number of allylic oxidation sites excluding steroid dienone is 3. The Morgan fingerprint density at radius 1 is 1.24 bits per heavy atom. The number of aryl methyl sites for hydroxylation is 1. The monoisotopic (exact) mass is 397 g/mol. The zero-order chi connectivity index (χ0) is 21.0. The second kappa shape index (κ2) is 8.93. The second-order valence-corrected chi connectivity index (χ2v) is 8.55. The first-order chi connectivity index (χ1) is 13.8. The number of halogens is 1. The van der Waals surface area contributed by atoms with E-state index in [-0.39, 0.29) is 11.8 Å². The summed E-state index contributed by atoms with van der Waals surface area (Å²) >= 11 is 0. The summed E-state index contributed by atoms with van der Waals surface area (Å²) in [6.07, 6.45) is 9.90. The molecule has 0 radical (unpaired) electrons. The zero-order valence-corrected chi connectivity index (χ0v) is 17.7. The Bertz CT molecular complexity index is 818. The zero-order valence-electron chi connectivity index (χ0n) is 17.7. The Labute approximate surface area is 173 Å². The number of aliphatic imine (C=N–C) groups is 1. The van der Waals surface area contributed by atoms with Crippen LogP contribution in [0.2, 0.25) is 0 Å². The number of likely N-dealkylation sites (tertiary alicyclic amines) is 1. The van der Waals surface area contributed by atoms with E-state index in [4.69, 9.17) is 5.73 Å². The van der Waals surface area contributed by atoms with Gasteiger partial charge in [0.2, 0.25) is 0 Å². The number of rotatable bonds is 5. The van der Waals surface area contributed by atoms with Crippen molar-refractivity contribution in [3.8, 4) is 0 Å². The number of hydrogen-bond acceptors (Lipinski definition) is 2. The van der Waals surface area contributed by atoms with Crippen LogP contribution in [0.3, 0.4) is 0 Å². The van der Waals surface area contributed by atoms with Crippen molar-refractivity contribution in [1.29, 1.82) is 0 Å². The molecule has 0 bridgehead atoms. The van der Waals surface area contributed by atoms with Gasteiger partial charge < -0.3 is 10.6 Å². The van der Waals surface area contributed by atoms with Crippen molar-refractivity contribution >= 4 is 11.7 Å². The SMILES string of the molecule is CCc1ccc(C2CC(C(N)=NC3=CCCC=C3)CN(C(=O)C(C)(C)F)C2)cc1. The lowest BCUT2D eigenvalue weighted by Gasteiger charge is -2.39. The van der Waals surface area contributed by atoms with E-state index in [1.165, 1.54) is 19.4 Å². The number of carbonyl (C=O) groups is 1. The fraction of sp³-hybridized carbons (Fsp3) is 0.500. The normalized spacial score (nSPS) is 23.1. The molecular formula is C24H32FN3O. The highest BCUT2D eigenvalue weighted by Gasteiger charge is 2.38. The molecule has 1 aromatic carbocycles. The van der Waals surface area contributed by atoms with Gasteiger partial charge in [0, 0.05) is 24.9 Å². The number of carbonyl (C=O) groups excluding carboxylic acids is 1. The van der Waals surface area contributed by atoms with Gasteiger partial charge in [0.25, 0.3) is 5.91 Å². The van der Waals surface area contributed by atoms with Crippen molar-refractivity contribution in [2.45, 2.75) is 58.0 Å². The van der Waals surface area contributed by atoms with E-state index in [9.17, 15) is 9.18 Å². The number of hydrogen-bond donors (Lipinski definition) is 1. The van der Waals surface area contributed by atoms with Gasteiger partial charge in [-0.2, -0.15) is 0 Å². The Morgan fingerprint density at radius 2 is 1.97 bits per heavy atom. The molecule has 0 aromatic heterocycles. The van der Waals surface area contributed by atoms with Crippen LogP contribution in [0.5, 0.6) is 0 Å². The van der Waals surface area contributed by atoms with E-state index in [1.807, 2.05) is 6.08 Å². The largest absolute Gasteiger partial charge is 0.387 e. The van der Waals surface area contributed by atoms with E-state index in [0.29, 0.717) is 18.9 Å². The van der Waals surface area contributed by atoms with E-state index >= 15 is 0 Å². The Balaban J connectivity index is 1.86. The number of amidine groups is 1. The van der Waals surface area contributed by atoms with Crippen LogP contribution in [0.15, 0.2) is 53.2 Å². The van der Waals surface area contributed by atoms with Crippen LogP contribution in [0, 0.1) is 5.92 Å². The second-order valence-electron chi connectivity index (χ2n) is 8.55. The lowest BCUT2D eigenvalue weighted by atomic mass is 9.83. The van der Waals surface area contributed by atoms with Crippen LogP contribution < -0.4 is 5.73 Å². The number of piperidine rings is 1. The van der Waals surface area contributed by atoms with Crippen molar-refractivity contribution in [2.75, 3.05) is 13.1 Å². The molecule has 2 N–H and O–H groups in total. The number of nitrogens with zero attached hydrogens (tertiary/aromatic N) is 2. The summed E-state index contributed by atoms with van der Waals surface area (Å²) in [4.78, 5) is 18.9. The Kier molecular flexibility index (Phi) is 6.56. The van der Waals surface area contributed by atoms with Crippen LogP contribution in [0.1, 0.15) is 57.1 Å². The maximum absolute atomic E-state index is 14.4. The summed E-state index contributed by atoms with van der Waals surface area (Å²) < 4.78 is 14.4. The van der Waals surface area contributed by atoms with E-state index in [1.54, 1.807) is 4.90 Å². The van der Waals surface area contributed by atoms with Gasteiger partial charge in [0.1, 0.15) is 5.84 Å². The highest BCUT2D eigenvalue weighted by Crippen LogP contribution is 2.32. The van der Waals surface area contributed by atoms with Gasteiger partial charge in [0.15, 0.2) is 5.67 Å². The maximum Gasteiger partial charge on any atom is 0.259 e. The minimum absolute atomic E-state index is 0.0953. The Morgan fingerprint density at radius 3 is 2.55 bits per heavy atom. The van der Waals surface area contributed by atoms with E-state index < -0.39 is 11.6 Å². The van der Waals surface area contributed by atoms with Gasteiger partial charge in [-0.1, -0.05) is 43.3 Å².